The molecule has 0 saturated heterocycles. The summed E-state index contributed by atoms with van der Waals surface area (Å²) in [5, 5.41) is 5.37. The number of methoxy groups -OCH3 is 1. The molecule has 0 saturated carbocycles. The van der Waals surface area contributed by atoms with Crippen LogP contribution in [0.1, 0.15) is 27.0 Å². The molecule has 2 amide bonds. The molecule has 2 rings (SSSR count). The number of rotatable bonds is 6. The second-order valence-electron chi connectivity index (χ2n) is 5.54. The van der Waals surface area contributed by atoms with Gasteiger partial charge in [0.15, 0.2) is 0 Å². The maximum absolute atomic E-state index is 12.1. The van der Waals surface area contributed by atoms with Gasteiger partial charge in [-0.25, -0.2) is 4.98 Å². The van der Waals surface area contributed by atoms with Crippen LogP contribution in [-0.2, 0) is 11.3 Å². The van der Waals surface area contributed by atoms with E-state index in [0.29, 0.717) is 18.0 Å². The fraction of sp³-hybridized carbons (Fsp3) is 0.278. The molecule has 1 heterocycles. The average molecular weight is 327 g/mol. The van der Waals surface area contributed by atoms with Gasteiger partial charge in [0.1, 0.15) is 0 Å². The van der Waals surface area contributed by atoms with Crippen molar-refractivity contribution in [3.05, 3.63) is 58.8 Å². The number of amides is 2. The van der Waals surface area contributed by atoms with Crippen molar-refractivity contribution in [2.75, 3.05) is 13.7 Å². The summed E-state index contributed by atoms with van der Waals surface area (Å²) in [5.41, 5.74) is 3.45. The molecule has 126 valence electrons. The van der Waals surface area contributed by atoms with E-state index in [9.17, 15) is 9.59 Å². The van der Waals surface area contributed by atoms with Crippen LogP contribution in [-0.4, -0.2) is 30.5 Å². The Labute approximate surface area is 141 Å². The first-order valence-electron chi connectivity index (χ1n) is 7.60. The number of hydrogen-bond donors (Lipinski definition) is 2. The third-order valence-electron chi connectivity index (χ3n) is 3.39. The van der Waals surface area contributed by atoms with Gasteiger partial charge >= 0.3 is 0 Å². The van der Waals surface area contributed by atoms with Crippen LogP contribution in [0, 0.1) is 13.8 Å². The van der Waals surface area contributed by atoms with Crippen molar-refractivity contribution < 1.29 is 14.3 Å². The first-order valence-corrected chi connectivity index (χ1v) is 7.60. The smallest absolute Gasteiger partial charge is 0.251 e. The predicted molar refractivity (Wildman–Crippen MR) is 90.9 cm³/mol. The van der Waals surface area contributed by atoms with Crippen LogP contribution in [0.25, 0.3) is 0 Å². The lowest BCUT2D eigenvalue weighted by Crippen LogP contribution is -2.36. The quantitative estimate of drug-likeness (QED) is 0.847. The number of benzene rings is 1. The maximum Gasteiger partial charge on any atom is 0.251 e. The predicted octanol–water partition coefficient (Wildman–Crippen LogP) is 1.75. The molecule has 2 N–H and O–H groups in total. The van der Waals surface area contributed by atoms with Crippen LogP contribution in [0.2, 0.25) is 0 Å². The Hall–Kier alpha value is -2.89. The van der Waals surface area contributed by atoms with Crippen molar-refractivity contribution in [1.82, 2.24) is 15.6 Å². The third kappa shape index (κ3) is 5.08. The minimum absolute atomic E-state index is 0.0754. The normalized spacial score (nSPS) is 10.1. The second-order valence-corrected chi connectivity index (χ2v) is 5.54. The molecule has 1 aromatic carbocycles. The summed E-state index contributed by atoms with van der Waals surface area (Å²) in [5.74, 6) is -0.0316. The Morgan fingerprint density at radius 3 is 2.46 bits per heavy atom. The molecule has 0 bridgehead atoms. The van der Waals surface area contributed by atoms with E-state index >= 15 is 0 Å². The summed E-state index contributed by atoms with van der Waals surface area (Å²) in [6, 6.07) is 9.12. The topological polar surface area (TPSA) is 80.3 Å². The van der Waals surface area contributed by atoms with Crippen molar-refractivity contribution >= 4 is 11.8 Å². The van der Waals surface area contributed by atoms with Crippen LogP contribution in [0.3, 0.4) is 0 Å². The minimum Gasteiger partial charge on any atom is -0.481 e. The number of nitrogens with zero attached hydrogens (tertiary/aromatic N) is 1. The molecule has 6 nitrogen and oxygen atoms in total. The number of ether oxygens (including phenoxy) is 1. The first-order chi connectivity index (χ1) is 11.5. The summed E-state index contributed by atoms with van der Waals surface area (Å²) < 4.78 is 5.03. The lowest BCUT2D eigenvalue weighted by molar-refractivity contribution is -0.120. The number of aryl methyl sites for hydroxylation is 2. The van der Waals surface area contributed by atoms with Gasteiger partial charge in [-0.15, -0.1) is 0 Å². The van der Waals surface area contributed by atoms with E-state index < -0.39 is 0 Å². The van der Waals surface area contributed by atoms with Gasteiger partial charge in [-0.05, 0) is 37.6 Å². The highest BCUT2D eigenvalue weighted by atomic mass is 16.5. The van der Waals surface area contributed by atoms with Crippen molar-refractivity contribution in [2.24, 2.45) is 0 Å². The summed E-state index contributed by atoms with van der Waals surface area (Å²) >= 11 is 0. The van der Waals surface area contributed by atoms with Gasteiger partial charge in [0.05, 0.1) is 13.7 Å². The zero-order valence-corrected chi connectivity index (χ0v) is 14.1. The van der Waals surface area contributed by atoms with E-state index in [1.807, 2.05) is 19.9 Å². The highest BCUT2D eigenvalue weighted by molar-refractivity contribution is 5.96. The monoisotopic (exact) mass is 327 g/mol. The van der Waals surface area contributed by atoms with E-state index in [1.54, 1.807) is 30.5 Å². The molecule has 0 unspecified atom stereocenters. The Morgan fingerprint density at radius 2 is 1.79 bits per heavy atom. The molecule has 6 heteroatoms. The van der Waals surface area contributed by atoms with Gasteiger partial charge in [-0.2, -0.15) is 0 Å². The van der Waals surface area contributed by atoms with Crippen LogP contribution >= 0.6 is 0 Å². The van der Waals surface area contributed by atoms with Gasteiger partial charge in [0.2, 0.25) is 11.8 Å². The number of nitrogens with one attached hydrogen (secondary N) is 2. The van der Waals surface area contributed by atoms with Crippen LogP contribution in [0.15, 0.2) is 36.5 Å². The molecule has 1 aromatic heterocycles. The second kappa shape index (κ2) is 8.10. The summed E-state index contributed by atoms with van der Waals surface area (Å²) in [6.07, 6.45) is 1.61. The molecule has 2 aromatic rings. The molecule has 0 atom stereocenters. The first kappa shape index (κ1) is 17.5. The number of carbonyl (C=O) groups is 2. The summed E-state index contributed by atoms with van der Waals surface area (Å²) in [4.78, 5) is 28.0. The molecule has 0 aliphatic heterocycles. The lowest BCUT2D eigenvalue weighted by Gasteiger charge is -2.09. The van der Waals surface area contributed by atoms with Gasteiger partial charge < -0.3 is 15.4 Å². The van der Waals surface area contributed by atoms with Gasteiger partial charge in [-0.3, -0.25) is 9.59 Å². The Morgan fingerprint density at radius 1 is 1.08 bits per heavy atom. The maximum atomic E-state index is 12.1. The molecular weight excluding hydrogens is 306 g/mol. The third-order valence-corrected chi connectivity index (χ3v) is 3.39. The Balaban J connectivity index is 1.83. The van der Waals surface area contributed by atoms with Crippen molar-refractivity contribution in [1.29, 1.82) is 0 Å². The highest BCUT2D eigenvalue weighted by Gasteiger charge is 2.09. The molecule has 0 spiro atoms. The summed E-state index contributed by atoms with van der Waals surface area (Å²) in [6.45, 7) is 4.13. The van der Waals surface area contributed by atoms with Crippen LogP contribution in [0.4, 0.5) is 0 Å². The fourth-order valence-corrected chi connectivity index (χ4v) is 2.30. The Bertz CT molecular complexity index is 724. The van der Waals surface area contributed by atoms with E-state index in [2.05, 4.69) is 15.6 Å². The fourth-order valence-electron chi connectivity index (χ4n) is 2.30. The molecule has 24 heavy (non-hydrogen) atoms. The number of carbonyl (C=O) groups excluding carboxylic acids is 2. The van der Waals surface area contributed by atoms with Crippen molar-refractivity contribution in [2.45, 2.75) is 20.4 Å². The largest absolute Gasteiger partial charge is 0.481 e. The highest BCUT2D eigenvalue weighted by Crippen LogP contribution is 2.09. The number of aromatic nitrogens is 1. The number of hydrogen-bond acceptors (Lipinski definition) is 4. The van der Waals surface area contributed by atoms with Crippen LogP contribution < -0.4 is 15.4 Å². The molecule has 0 aliphatic carbocycles. The molecule has 0 radical (unpaired) electrons. The molecule has 0 fully saturated rings. The van der Waals surface area contributed by atoms with E-state index in [0.717, 1.165) is 16.7 Å². The average Bonchev–Trinajstić information content (AvgIpc) is 2.57. The Kier molecular flexibility index (Phi) is 5.89. The number of pyridine rings is 1. The minimum atomic E-state index is -0.262. The van der Waals surface area contributed by atoms with Crippen LogP contribution in [0.5, 0.6) is 5.88 Å². The molecular formula is C18H21N3O3. The zero-order chi connectivity index (χ0) is 17.5. The van der Waals surface area contributed by atoms with Crippen molar-refractivity contribution in [3.8, 4) is 5.88 Å². The van der Waals surface area contributed by atoms with Gasteiger partial charge in [0, 0.05) is 24.4 Å². The summed E-state index contributed by atoms with van der Waals surface area (Å²) in [7, 11) is 1.53. The zero-order valence-electron chi connectivity index (χ0n) is 14.1. The SMILES string of the molecule is COc1cc(CNC(=O)CNC(=O)c2cc(C)cc(C)c2)ccn1. The van der Waals surface area contributed by atoms with E-state index in [1.165, 1.54) is 7.11 Å². The standard InChI is InChI=1S/C18H21N3O3/c1-12-6-13(2)8-15(7-12)18(23)21-11-16(22)20-10-14-4-5-19-17(9-14)24-3/h4-9H,10-11H2,1-3H3,(H,20,22)(H,21,23). The van der Waals surface area contributed by atoms with Gasteiger partial charge in [-0.1, -0.05) is 17.2 Å². The van der Waals surface area contributed by atoms with E-state index in [4.69, 9.17) is 4.74 Å². The molecule has 0 aliphatic rings. The lowest BCUT2D eigenvalue weighted by atomic mass is 10.1. The van der Waals surface area contributed by atoms with E-state index in [-0.39, 0.29) is 18.4 Å². The van der Waals surface area contributed by atoms with Crippen molar-refractivity contribution in [3.63, 3.8) is 0 Å². The van der Waals surface area contributed by atoms with Gasteiger partial charge in [0.25, 0.3) is 5.91 Å².